The van der Waals surface area contributed by atoms with Crippen LogP contribution in [0.4, 0.5) is 0 Å². The number of aromatic carboxylic acids is 1. The van der Waals surface area contributed by atoms with Crippen LogP contribution in [0.1, 0.15) is 10.5 Å². The standard InChI is InChI=1S/C5H3IN2O2/c6-4-2-7-3(1-8-4)5(9)10/h1-2H,(H,9,10). The van der Waals surface area contributed by atoms with Gasteiger partial charge in [0.25, 0.3) is 0 Å². The molecule has 0 aliphatic rings. The van der Waals surface area contributed by atoms with E-state index in [1.165, 1.54) is 12.4 Å². The smallest absolute Gasteiger partial charge is 0.356 e. The second-order valence-corrected chi connectivity index (χ2v) is 2.63. The van der Waals surface area contributed by atoms with Gasteiger partial charge in [0.15, 0.2) is 5.69 Å². The Labute approximate surface area is 70.5 Å². The van der Waals surface area contributed by atoms with E-state index in [0.29, 0.717) is 3.70 Å². The Hall–Kier alpha value is -0.720. The minimum Gasteiger partial charge on any atom is -0.476 e. The fourth-order valence-electron chi connectivity index (χ4n) is 0.423. The molecule has 0 saturated carbocycles. The van der Waals surface area contributed by atoms with Gasteiger partial charge in [-0.2, -0.15) is 0 Å². The maximum absolute atomic E-state index is 10.2. The molecule has 10 heavy (non-hydrogen) atoms. The highest BCUT2D eigenvalue weighted by molar-refractivity contribution is 14.1. The molecule has 1 rings (SSSR count). The van der Waals surface area contributed by atoms with E-state index in [4.69, 9.17) is 5.11 Å². The summed E-state index contributed by atoms with van der Waals surface area (Å²) in [6, 6.07) is 0. The molecule has 52 valence electrons. The third kappa shape index (κ3) is 1.63. The number of aromatic nitrogens is 2. The first-order valence-corrected chi connectivity index (χ1v) is 3.49. The van der Waals surface area contributed by atoms with Crippen molar-refractivity contribution in [1.82, 2.24) is 9.97 Å². The number of nitrogens with zero attached hydrogens (tertiary/aromatic N) is 2. The van der Waals surface area contributed by atoms with Gasteiger partial charge < -0.3 is 5.11 Å². The number of halogens is 1. The quantitative estimate of drug-likeness (QED) is 0.748. The molecule has 1 N–H and O–H groups in total. The zero-order valence-corrected chi connectivity index (χ0v) is 6.94. The van der Waals surface area contributed by atoms with Gasteiger partial charge >= 0.3 is 5.97 Å². The van der Waals surface area contributed by atoms with Crippen molar-refractivity contribution in [2.24, 2.45) is 0 Å². The molecule has 0 aliphatic heterocycles. The summed E-state index contributed by atoms with van der Waals surface area (Å²) in [5.74, 6) is -1.05. The molecule has 0 spiro atoms. The lowest BCUT2D eigenvalue weighted by molar-refractivity contribution is 0.0690. The first kappa shape index (κ1) is 7.39. The van der Waals surface area contributed by atoms with Crippen molar-refractivity contribution >= 4 is 28.6 Å². The number of carbonyl (C=O) groups is 1. The first-order chi connectivity index (χ1) is 4.70. The van der Waals surface area contributed by atoms with Crippen LogP contribution >= 0.6 is 22.6 Å². The Morgan fingerprint density at radius 2 is 2.20 bits per heavy atom. The summed E-state index contributed by atoms with van der Waals surface area (Å²) in [5, 5.41) is 8.37. The molecule has 1 aromatic rings. The van der Waals surface area contributed by atoms with Gasteiger partial charge in [0.05, 0.1) is 12.4 Å². The summed E-state index contributed by atoms with van der Waals surface area (Å²) < 4.78 is 0.683. The number of hydrogen-bond donors (Lipinski definition) is 1. The van der Waals surface area contributed by atoms with Crippen molar-refractivity contribution in [3.63, 3.8) is 0 Å². The SMILES string of the molecule is O=C(O)c1cnc(I)cn1. The molecular weight excluding hydrogens is 247 g/mol. The van der Waals surface area contributed by atoms with Gasteiger partial charge in [-0.05, 0) is 22.6 Å². The normalized spacial score (nSPS) is 9.30. The second kappa shape index (κ2) is 2.91. The number of rotatable bonds is 1. The molecular formula is C5H3IN2O2. The predicted octanol–water partition coefficient (Wildman–Crippen LogP) is 0.779. The molecule has 0 fully saturated rings. The Kier molecular flexibility index (Phi) is 2.15. The average Bonchev–Trinajstić information content (AvgIpc) is 1.88. The molecule has 5 heteroatoms. The van der Waals surface area contributed by atoms with E-state index in [9.17, 15) is 4.79 Å². The summed E-state index contributed by atoms with van der Waals surface area (Å²) in [5.41, 5.74) is -0.0274. The highest BCUT2D eigenvalue weighted by Crippen LogP contribution is 1.97. The Morgan fingerprint density at radius 1 is 1.50 bits per heavy atom. The average molecular weight is 250 g/mol. The summed E-state index contributed by atoms with van der Waals surface area (Å²) in [4.78, 5) is 17.6. The van der Waals surface area contributed by atoms with Crippen molar-refractivity contribution in [2.45, 2.75) is 0 Å². The molecule has 0 radical (unpaired) electrons. The zero-order valence-electron chi connectivity index (χ0n) is 4.78. The van der Waals surface area contributed by atoms with Crippen molar-refractivity contribution in [1.29, 1.82) is 0 Å². The molecule has 0 aromatic carbocycles. The van der Waals surface area contributed by atoms with Crippen molar-refractivity contribution in [2.75, 3.05) is 0 Å². The van der Waals surface area contributed by atoms with Crippen LogP contribution in [0.25, 0.3) is 0 Å². The predicted molar refractivity (Wildman–Crippen MR) is 41.7 cm³/mol. The van der Waals surface area contributed by atoms with Gasteiger partial charge in [-0.3, -0.25) is 0 Å². The maximum atomic E-state index is 10.2. The zero-order chi connectivity index (χ0) is 7.56. The van der Waals surface area contributed by atoms with Gasteiger partial charge in [0.2, 0.25) is 0 Å². The lowest BCUT2D eigenvalue weighted by Gasteiger charge is -1.90. The van der Waals surface area contributed by atoms with E-state index >= 15 is 0 Å². The van der Waals surface area contributed by atoms with Crippen LogP contribution in [0.3, 0.4) is 0 Å². The van der Waals surface area contributed by atoms with Crippen LogP contribution in [0.2, 0.25) is 0 Å². The minimum absolute atomic E-state index is 0.0274. The number of carboxylic acid groups (broad SMARTS) is 1. The van der Waals surface area contributed by atoms with Crippen LogP contribution < -0.4 is 0 Å². The summed E-state index contributed by atoms with van der Waals surface area (Å²) in [6.45, 7) is 0. The van der Waals surface area contributed by atoms with E-state index in [0.717, 1.165) is 0 Å². The third-order valence-corrected chi connectivity index (χ3v) is 1.40. The molecule has 0 amide bonds. The van der Waals surface area contributed by atoms with Gasteiger partial charge in [0.1, 0.15) is 3.70 Å². The fraction of sp³-hybridized carbons (Fsp3) is 0. The Bertz CT molecular complexity index is 246. The largest absolute Gasteiger partial charge is 0.476 e. The molecule has 0 unspecified atom stereocenters. The summed E-state index contributed by atoms with van der Waals surface area (Å²) >= 11 is 1.95. The first-order valence-electron chi connectivity index (χ1n) is 2.41. The highest BCUT2D eigenvalue weighted by atomic mass is 127. The number of carboxylic acids is 1. The van der Waals surface area contributed by atoms with Gasteiger partial charge in [0, 0.05) is 0 Å². The van der Waals surface area contributed by atoms with E-state index in [-0.39, 0.29) is 5.69 Å². The molecule has 0 aliphatic carbocycles. The van der Waals surface area contributed by atoms with Crippen LogP contribution in [-0.4, -0.2) is 21.0 Å². The van der Waals surface area contributed by atoms with Crippen molar-refractivity contribution in [3.8, 4) is 0 Å². The fourth-order valence-corrected chi connectivity index (χ4v) is 0.701. The highest BCUT2D eigenvalue weighted by Gasteiger charge is 2.02. The molecule has 0 atom stereocenters. The summed E-state index contributed by atoms with van der Waals surface area (Å²) in [7, 11) is 0. The van der Waals surface area contributed by atoms with Crippen molar-refractivity contribution in [3.05, 3.63) is 21.8 Å². The monoisotopic (exact) mass is 250 g/mol. The lowest BCUT2D eigenvalue weighted by Crippen LogP contribution is -2.00. The van der Waals surface area contributed by atoms with Crippen LogP contribution in [0.5, 0.6) is 0 Å². The Balaban J connectivity index is 3.00. The lowest BCUT2D eigenvalue weighted by atomic mass is 10.5. The Morgan fingerprint density at radius 3 is 2.60 bits per heavy atom. The van der Waals surface area contributed by atoms with Gasteiger partial charge in [-0.1, -0.05) is 0 Å². The number of hydrogen-bond acceptors (Lipinski definition) is 3. The van der Waals surface area contributed by atoms with Crippen LogP contribution in [0, 0.1) is 3.70 Å². The summed E-state index contributed by atoms with van der Waals surface area (Å²) in [6.07, 6.45) is 2.63. The molecule has 1 aromatic heterocycles. The maximum Gasteiger partial charge on any atom is 0.356 e. The third-order valence-electron chi connectivity index (χ3n) is 0.839. The van der Waals surface area contributed by atoms with E-state index in [1.54, 1.807) is 0 Å². The minimum atomic E-state index is -1.05. The van der Waals surface area contributed by atoms with Crippen LogP contribution in [-0.2, 0) is 0 Å². The molecule has 1 heterocycles. The van der Waals surface area contributed by atoms with Crippen molar-refractivity contribution < 1.29 is 9.90 Å². The topological polar surface area (TPSA) is 63.1 Å². The van der Waals surface area contributed by atoms with E-state index < -0.39 is 5.97 Å². The second-order valence-electron chi connectivity index (χ2n) is 1.53. The van der Waals surface area contributed by atoms with E-state index in [1.807, 2.05) is 22.6 Å². The van der Waals surface area contributed by atoms with Crippen LogP contribution in [0.15, 0.2) is 12.4 Å². The van der Waals surface area contributed by atoms with E-state index in [2.05, 4.69) is 9.97 Å². The molecule has 4 nitrogen and oxygen atoms in total. The van der Waals surface area contributed by atoms with Gasteiger partial charge in [-0.25, -0.2) is 14.8 Å². The molecule has 0 bridgehead atoms. The molecule has 0 saturated heterocycles. The van der Waals surface area contributed by atoms with Gasteiger partial charge in [-0.15, -0.1) is 0 Å².